The third-order valence-electron chi connectivity index (χ3n) is 3.49. The van der Waals surface area contributed by atoms with E-state index >= 15 is 0 Å². The monoisotopic (exact) mass is 385 g/mol. The number of halogens is 1. The highest BCUT2D eigenvalue weighted by Gasteiger charge is 2.39. The average molecular weight is 385 g/mol. The number of hydrogen-bond acceptors (Lipinski definition) is 8. The van der Waals surface area contributed by atoms with Gasteiger partial charge >= 0.3 is 19.1 Å². The van der Waals surface area contributed by atoms with Gasteiger partial charge in [0.15, 0.2) is 0 Å². The Bertz CT molecular complexity index is 717. The van der Waals surface area contributed by atoms with E-state index in [1.54, 1.807) is 6.26 Å². The molecule has 1 amide bonds. The lowest BCUT2D eigenvalue weighted by Crippen LogP contribution is -2.53. The van der Waals surface area contributed by atoms with Crippen LogP contribution in [-0.4, -0.2) is 54.7 Å². The lowest BCUT2D eigenvalue weighted by Gasteiger charge is -2.29. The van der Waals surface area contributed by atoms with Crippen molar-refractivity contribution in [3.05, 3.63) is 29.1 Å². The average Bonchev–Trinajstić information content (AvgIpc) is 2.55. The van der Waals surface area contributed by atoms with E-state index in [4.69, 9.17) is 4.65 Å². The Labute approximate surface area is 153 Å². The molecule has 0 saturated carbocycles. The van der Waals surface area contributed by atoms with Crippen molar-refractivity contribution in [2.45, 2.75) is 19.3 Å². The zero-order chi connectivity index (χ0) is 19.3. The summed E-state index contributed by atoms with van der Waals surface area (Å²) in [5, 5.41) is 12.7. The molecule has 0 radical (unpaired) electrons. The SMILES string of the molecule is CSCC(=O)NC1Cc2ccc(F)c(C(=O)OCOC(C)=O)c2OB1O. The maximum absolute atomic E-state index is 14.1. The van der Waals surface area contributed by atoms with Gasteiger partial charge in [0.2, 0.25) is 12.7 Å². The molecule has 0 aliphatic carbocycles. The number of ether oxygens (including phenoxy) is 2. The molecule has 0 aromatic heterocycles. The first-order valence-corrected chi connectivity index (χ1v) is 8.97. The van der Waals surface area contributed by atoms with Crippen LogP contribution in [0.15, 0.2) is 12.1 Å². The van der Waals surface area contributed by atoms with Gasteiger partial charge in [-0.05, 0) is 24.3 Å². The Kier molecular flexibility index (Phi) is 6.87. The molecule has 0 bridgehead atoms. The van der Waals surface area contributed by atoms with E-state index in [2.05, 4.69) is 14.8 Å². The van der Waals surface area contributed by atoms with Gasteiger partial charge in [0.1, 0.15) is 17.1 Å². The van der Waals surface area contributed by atoms with E-state index in [-0.39, 0.29) is 23.8 Å². The molecule has 1 atom stereocenters. The van der Waals surface area contributed by atoms with Crippen LogP contribution < -0.4 is 9.97 Å². The summed E-state index contributed by atoms with van der Waals surface area (Å²) < 4.78 is 28.5. The van der Waals surface area contributed by atoms with E-state index in [0.717, 1.165) is 13.0 Å². The Morgan fingerprint density at radius 3 is 2.81 bits per heavy atom. The minimum atomic E-state index is -1.46. The molecule has 1 aromatic carbocycles. The third kappa shape index (κ3) is 4.89. The van der Waals surface area contributed by atoms with Gasteiger partial charge < -0.3 is 24.5 Å². The van der Waals surface area contributed by atoms with E-state index < -0.39 is 43.2 Å². The number of fused-ring (bicyclic) bond motifs is 1. The second kappa shape index (κ2) is 8.90. The number of nitrogens with one attached hydrogen (secondary N) is 1. The van der Waals surface area contributed by atoms with Crippen molar-refractivity contribution < 1.29 is 37.9 Å². The number of rotatable bonds is 6. The summed E-state index contributed by atoms with van der Waals surface area (Å²) >= 11 is 1.32. The van der Waals surface area contributed by atoms with Gasteiger partial charge in [0.25, 0.3) is 0 Å². The lowest BCUT2D eigenvalue weighted by atomic mass is 9.72. The smallest absolute Gasteiger partial charge is 0.534 e. The molecule has 26 heavy (non-hydrogen) atoms. The highest BCUT2D eigenvalue weighted by Crippen LogP contribution is 2.32. The molecular formula is C15H17BFNO7S. The topological polar surface area (TPSA) is 111 Å². The Morgan fingerprint density at radius 2 is 2.15 bits per heavy atom. The van der Waals surface area contributed by atoms with Crippen LogP contribution in [0, 0.1) is 5.82 Å². The van der Waals surface area contributed by atoms with Crippen molar-refractivity contribution in [3.63, 3.8) is 0 Å². The van der Waals surface area contributed by atoms with Gasteiger partial charge in [-0.15, -0.1) is 0 Å². The van der Waals surface area contributed by atoms with Crippen LogP contribution in [0.1, 0.15) is 22.8 Å². The highest BCUT2D eigenvalue weighted by atomic mass is 32.2. The van der Waals surface area contributed by atoms with E-state index in [1.165, 1.54) is 17.8 Å². The number of hydrogen-bond donors (Lipinski definition) is 2. The number of benzene rings is 1. The zero-order valence-electron chi connectivity index (χ0n) is 14.1. The molecule has 0 fully saturated rings. The fraction of sp³-hybridized carbons (Fsp3) is 0.400. The summed E-state index contributed by atoms with van der Waals surface area (Å²) in [6.45, 7) is 0.455. The molecule has 2 rings (SSSR count). The molecule has 2 N–H and O–H groups in total. The molecule has 11 heteroatoms. The predicted molar refractivity (Wildman–Crippen MR) is 91.1 cm³/mol. The van der Waals surface area contributed by atoms with Crippen LogP contribution in [-0.2, 0) is 25.5 Å². The fourth-order valence-corrected chi connectivity index (χ4v) is 2.71. The van der Waals surface area contributed by atoms with Gasteiger partial charge in [-0.2, -0.15) is 11.8 Å². The summed E-state index contributed by atoms with van der Waals surface area (Å²) in [5.41, 5.74) is -0.0896. The van der Waals surface area contributed by atoms with Crippen molar-refractivity contribution >= 4 is 36.7 Å². The van der Waals surface area contributed by atoms with Gasteiger partial charge in [0, 0.05) is 6.92 Å². The normalized spacial score (nSPS) is 15.5. The Balaban J connectivity index is 2.18. The van der Waals surface area contributed by atoms with Gasteiger partial charge in [-0.1, -0.05) is 6.07 Å². The number of esters is 2. The molecule has 1 unspecified atom stereocenters. The third-order valence-corrected chi connectivity index (χ3v) is 4.04. The van der Waals surface area contributed by atoms with Gasteiger partial charge in [-0.25, -0.2) is 9.18 Å². The molecule has 1 heterocycles. The molecule has 0 saturated heterocycles. The van der Waals surface area contributed by atoms with Gasteiger partial charge in [0.05, 0.1) is 11.7 Å². The lowest BCUT2D eigenvalue weighted by molar-refractivity contribution is -0.149. The largest absolute Gasteiger partial charge is 0.547 e. The van der Waals surface area contributed by atoms with Crippen molar-refractivity contribution in [1.29, 1.82) is 0 Å². The summed E-state index contributed by atoms with van der Waals surface area (Å²) in [4.78, 5) is 34.5. The second-order valence-corrected chi connectivity index (χ2v) is 6.28. The van der Waals surface area contributed by atoms with Crippen LogP contribution in [0.5, 0.6) is 5.75 Å². The number of carbonyl (C=O) groups excluding carboxylic acids is 3. The molecule has 140 valence electrons. The number of thioether (sulfide) groups is 1. The summed E-state index contributed by atoms with van der Waals surface area (Å²) in [7, 11) is -1.46. The maximum atomic E-state index is 14.1. The number of amides is 1. The Hall–Kier alpha value is -2.27. The predicted octanol–water partition coefficient (Wildman–Crippen LogP) is 0.306. The number of carbonyl (C=O) groups is 3. The molecule has 8 nitrogen and oxygen atoms in total. The highest BCUT2D eigenvalue weighted by molar-refractivity contribution is 7.99. The fourth-order valence-electron chi connectivity index (χ4n) is 2.37. The van der Waals surface area contributed by atoms with Crippen LogP contribution in [0.25, 0.3) is 0 Å². The minimum Gasteiger partial charge on any atom is -0.534 e. The summed E-state index contributed by atoms with van der Waals surface area (Å²) in [6.07, 6.45) is 1.90. The van der Waals surface area contributed by atoms with Crippen molar-refractivity contribution in [3.8, 4) is 5.75 Å². The van der Waals surface area contributed by atoms with Gasteiger partial charge in [-0.3, -0.25) is 9.59 Å². The van der Waals surface area contributed by atoms with Crippen LogP contribution in [0.3, 0.4) is 0 Å². The first-order valence-electron chi connectivity index (χ1n) is 7.58. The summed E-state index contributed by atoms with van der Waals surface area (Å²) in [6, 6.07) is 2.45. The van der Waals surface area contributed by atoms with E-state index in [1.807, 2.05) is 0 Å². The quantitative estimate of drug-likeness (QED) is 0.409. The maximum Gasteiger partial charge on any atom is 0.547 e. The van der Waals surface area contributed by atoms with E-state index in [0.29, 0.717) is 5.56 Å². The first-order chi connectivity index (χ1) is 12.3. The summed E-state index contributed by atoms with van der Waals surface area (Å²) in [5.74, 6) is -3.64. The van der Waals surface area contributed by atoms with Crippen LogP contribution in [0.4, 0.5) is 4.39 Å². The minimum absolute atomic E-state index is 0.140. The van der Waals surface area contributed by atoms with Crippen LogP contribution in [0.2, 0.25) is 0 Å². The van der Waals surface area contributed by atoms with Crippen molar-refractivity contribution in [1.82, 2.24) is 5.32 Å². The second-order valence-electron chi connectivity index (χ2n) is 5.42. The van der Waals surface area contributed by atoms with Crippen molar-refractivity contribution in [2.75, 3.05) is 18.8 Å². The first kappa shape index (κ1) is 20.1. The molecule has 1 aliphatic rings. The van der Waals surface area contributed by atoms with Crippen molar-refractivity contribution in [2.24, 2.45) is 0 Å². The Morgan fingerprint density at radius 1 is 1.42 bits per heavy atom. The van der Waals surface area contributed by atoms with Crippen LogP contribution >= 0.6 is 11.8 Å². The van der Waals surface area contributed by atoms with E-state index in [9.17, 15) is 23.8 Å². The zero-order valence-corrected chi connectivity index (χ0v) is 14.9. The molecule has 1 aliphatic heterocycles. The molecule has 0 spiro atoms. The molecular weight excluding hydrogens is 368 g/mol. The standard InChI is InChI=1S/C15H17BFNO7S/c1-8(19)23-7-24-15(21)13-10(17)4-3-9-5-11(16(22)25-14(9)13)18-12(20)6-26-2/h3-4,11,22H,5-7H2,1-2H3,(H,18,20). The molecule has 1 aromatic rings.